The Morgan fingerprint density at radius 2 is 2.18 bits per heavy atom. The molecule has 0 bridgehead atoms. The zero-order chi connectivity index (χ0) is 12.4. The van der Waals surface area contributed by atoms with Crippen LogP contribution in [0, 0.1) is 0 Å². The molecule has 0 aliphatic carbocycles. The van der Waals surface area contributed by atoms with Gasteiger partial charge in [-0.05, 0) is 12.1 Å². The van der Waals surface area contributed by atoms with Crippen LogP contribution in [0.3, 0.4) is 0 Å². The van der Waals surface area contributed by atoms with Gasteiger partial charge in [0.1, 0.15) is 5.82 Å². The summed E-state index contributed by atoms with van der Waals surface area (Å²) in [5, 5.41) is 0.686. The van der Waals surface area contributed by atoms with Crippen molar-refractivity contribution >= 4 is 29.0 Å². The molecule has 0 unspecified atom stereocenters. The lowest BCUT2D eigenvalue weighted by atomic mass is 10.1. The SMILES string of the molecule is Cn1ccnc1CC(=O)c1cccc(Cl)c1Cl. The molecule has 1 heterocycles. The number of rotatable bonds is 3. The maximum Gasteiger partial charge on any atom is 0.171 e. The Morgan fingerprint density at radius 3 is 2.82 bits per heavy atom. The van der Waals surface area contributed by atoms with Crippen molar-refractivity contribution in [2.75, 3.05) is 0 Å². The first kappa shape index (κ1) is 12.1. The Bertz CT molecular complexity index is 563. The van der Waals surface area contributed by atoms with Gasteiger partial charge in [-0.25, -0.2) is 4.98 Å². The van der Waals surface area contributed by atoms with Crippen LogP contribution in [0.1, 0.15) is 16.2 Å². The van der Waals surface area contributed by atoms with Gasteiger partial charge < -0.3 is 4.57 Å². The number of ketones is 1. The van der Waals surface area contributed by atoms with E-state index in [1.54, 1.807) is 35.2 Å². The average Bonchev–Trinajstić information content (AvgIpc) is 2.68. The number of Topliss-reactive ketones (excluding diaryl/α,β-unsaturated/α-hetero) is 1. The Labute approximate surface area is 109 Å². The molecule has 1 aromatic carbocycles. The molecule has 0 atom stereocenters. The molecule has 0 saturated carbocycles. The molecule has 0 aliphatic heterocycles. The van der Waals surface area contributed by atoms with E-state index in [1.807, 2.05) is 7.05 Å². The number of hydrogen-bond donors (Lipinski definition) is 0. The van der Waals surface area contributed by atoms with Gasteiger partial charge in [0.05, 0.1) is 16.5 Å². The van der Waals surface area contributed by atoms with Crippen molar-refractivity contribution < 1.29 is 4.79 Å². The van der Waals surface area contributed by atoms with Crippen LogP contribution in [-0.4, -0.2) is 15.3 Å². The van der Waals surface area contributed by atoms with Gasteiger partial charge in [-0.1, -0.05) is 29.3 Å². The summed E-state index contributed by atoms with van der Waals surface area (Å²) in [6, 6.07) is 5.03. The van der Waals surface area contributed by atoms with Crippen molar-refractivity contribution in [3.8, 4) is 0 Å². The lowest BCUT2D eigenvalue weighted by Crippen LogP contribution is -2.08. The van der Waals surface area contributed by atoms with Gasteiger partial charge in [-0.2, -0.15) is 0 Å². The third kappa shape index (κ3) is 2.51. The van der Waals surface area contributed by atoms with Crippen molar-refractivity contribution in [1.29, 1.82) is 0 Å². The van der Waals surface area contributed by atoms with E-state index in [2.05, 4.69) is 4.98 Å². The number of nitrogens with zero attached hydrogens (tertiary/aromatic N) is 2. The molecule has 2 aromatic rings. The van der Waals surface area contributed by atoms with Gasteiger partial charge in [0.2, 0.25) is 0 Å². The van der Waals surface area contributed by atoms with Crippen LogP contribution in [-0.2, 0) is 13.5 Å². The summed E-state index contributed by atoms with van der Waals surface area (Å²) in [6.07, 6.45) is 3.66. The summed E-state index contributed by atoms with van der Waals surface area (Å²) in [5.74, 6) is 0.609. The second-order valence-electron chi connectivity index (χ2n) is 3.66. The van der Waals surface area contributed by atoms with Gasteiger partial charge in [-0.15, -0.1) is 0 Å². The van der Waals surface area contributed by atoms with Crippen LogP contribution in [0.15, 0.2) is 30.6 Å². The lowest BCUT2D eigenvalue weighted by Gasteiger charge is -2.05. The minimum absolute atomic E-state index is 0.0909. The third-order valence-corrected chi connectivity index (χ3v) is 3.31. The van der Waals surface area contributed by atoms with Gasteiger partial charge in [0, 0.05) is 25.0 Å². The minimum Gasteiger partial charge on any atom is -0.338 e. The van der Waals surface area contributed by atoms with Crippen molar-refractivity contribution in [2.24, 2.45) is 7.05 Å². The van der Waals surface area contributed by atoms with Crippen molar-refractivity contribution in [3.05, 3.63) is 52.0 Å². The number of carbonyl (C=O) groups is 1. The maximum atomic E-state index is 12.0. The van der Waals surface area contributed by atoms with Crippen LogP contribution in [0.25, 0.3) is 0 Å². The number of aromatic nitrogens is 2. The zero-order valence-electron chi connectivity index (χ0n) is 9.15. The summed E-state index contributed by atoms with van der Waals surface area (Å²) in [6.45, 7) is 0. The van der Waals surface area contributed by atoms with Crippen molar-refractivity contribution in [1.82, 2.24) is 9.55 Å². The van der Waals surface area contributed by atoms with Gasteiger partial charge >= 0.3 is 0 Å². The fourth-order valence-electron chi connectivity index (χ4n) is 1.52. The zero-order valence-corrected chi connectivity index (χ0v) is 10.7. The van der Waals surface area contributed by atoms with E-state index >= 15 is 0 Å². The van der Waals surface area contributed by atoms with E-state index < -0.39 is 0 Å². The first-order valence-electron chi connectivity index (χ1n) is 5.03. The topological polar surface area (TPSA) is 34.9 Å². The molecule has 1 aromatic heterocycles. The fourth-order valence-corrected chi connectivity index (χ4v) is 1.93. The molecule has 0 amide bonds. The van der Waals surface area contributed by atoms with E-state index in [1.165, 1.54) is 0 Å². The van der Waals surface area contributed by atoms with Gasteiger partial charge in [-0.3, -0.25) is 4.79 Å². The van der Waals surface area contributed by atoms with E-state index in [4.69, 9.17) is 23.2 Å². The predicted octanol–water partition coefficient (Wildman–Crippen LogP) is 3.15. The quantitative estimate of drug-likeness (QED) is 0.802. The average molecular weight is 269 g/mol. The number of hydrogen-bond acceptors (Lipinski definition) is 2. The molecule has 0 N–H and O–H groups in total. The molecule has 88 valence electrons. The smallest absolute Gasteiger partial charge is 0.171 e. The molecule has 0 saturated heterocycles. The van der Waals surface area contributed by atoms with Crippen LogP contribution in [0.2, 0.25) is 10.0 Å². The van der Waals surface area contributed by atoms with E-state index in [-0.39, 0.29) is 12.2 Å². The fraction of sp³-hybridized carbons (Fsp3) is 0.167. The Hall–Kier alpha value is -1.32. The van der Waals surface area contributed by atoms with E-state index in [0.717, 1.165) is 0 Å². The molecule has 2 rings (SSSR count). The first-order valence-corrected chi connectivity index (χ1v) is 5.78. The maximum absolute atomic E-state index is 12.0. The van der Waals surface area contributed by atoms with Gasteiger partial charge in [0.25, 0.3) is 0 Å². The first-order chi connectivity index (χ1) is 8.09. The Balaban J connectivity index is 2.27. The summed E-state index contributed by atoms with van der Waals surface area (Å²) >= 11 is 11.9. The molecule has 0 fully saturated rings. The number of benzene rings is 1. The molecule has 0 radical (unpaired) electrons. The minimum atomic E-state index is -0.0909. The van der Waals surface area contributed by atoms with E-state index in [0.29, 0.717) is 21.4 Å². The Morgan fingerprint density at radius 1 is 1.41 bits per heavy atom. The second-order valence-corrected chi connectivity index (χ2v) is 4.44. The third-order valence-electron chi connectivity index (χ3n) is 2.49. The summed E-state index contributed by atoms with van der Waals surface area (Å²) < 4.78 is 1.80. The van der Waals surface area contributed by atoms with Crippen LogP contribution in [0.5, 0.6) is 0 Å². The molecular weight excluding hydrogens is 259 g/mol. The van der Waals surface area contributed by atoms with Crippen LogP contribution < -0.4 is 0 Å². The largest absolute Gasteiger partial charge is 0.338 e. The standard InChI is InChI=1S/C12H10Cl2N2O/c1-16-6-5-15-11(16)7-10(17)8-3-2-4-9(13)12(8)14/h2-6H,7H2,1H3. The molecular formula is C12H10Cl2N2O. The Kier molecular flexibility index (Phi) is 3.50. The highest BCUT2D eigenvalue weighted by Crippen LogP contribution is 2.26. The number of aryl methyl sites for hydroxylation is 1. The van der Waals surface area contributed by atoms with Gasteiger partial charge in [0.15, 0.2) is 5.78 Å². The number of carbonyl (C=O) groups excluding carboxylic acids is 1. The van der Waals surface area contributed by atoms with Crippen molar-refractivity contribution in [3.63, 3.8) is 0 Å². The lowest BCUT2D eigenvalue weighted by molar-refractivity contribution is 0.0990. The second kappa shape index (κ2) is 4.90. The molecule has 0 aliphatic rings. The van der Waals surface area contributed by atoms with E-state index in [9.17, 15) is 4.79 Å². The molecule has 3 nitrogen and oxygen atoms in total. The summed E-state index contributed by atoms with van der Waals surface area (Å²) in [5.41, 5.74) is 0.433. The highest BCUT2D eigenvalue weighted by Gasteiger charge is 2.14. The highest BCUT2D eigenvalue weighted by molar-refractivity contribution is 6.43. The molecule has 0 spiro atoms. The predicted molar refractivity (Wildman–Crippen MR) is 67.7 cm³/mol. The van der Waals surface area contributed by atoms with Crippen molar-refractivity contribution in [2.45, 2.75) is 6.42 Å². The number of halogens is 2. The summed E-state index contributed by atoms with van der Waals surface area (Å²) in [4.78, 5) is 16.1. The van der Waals surface area contributed by atoms with Crippen LogP contribution >= 0.6 is 23.2 Å². The molecule has 5 heteroatoms. The van der Waals surface area contributed by atoms with Crippen LogP contribution in [0.4, 0.5) is 0 Å². The number of imidazole rings is 1. The summed E-state index contributed by atoms with van der Waals surface area (Å²) in [7, 11) is 1.84. The monoisotopic (exact) mass is 268 g/mol. The normalized spacial score (nSPS) is 10.5. The molecule has 17 heavy (non-hydrogen) atoms. The highest BCUT2D eigenvalue weighted by atomic mass is 35.5.